The maximum atomic E-state index is 12.2. The summed E-state index contributed by atoms with van der Waals surface area (Å²) in [7, 11) is 0. The molecule has 2 rings (SSSR count). The standard InChI is InChI=1S/C19H17N3O4/c1-13(2)26-18-8-6-14(7-9-18)10-15(12-20)19(23)21-16-4-3-5-17(11-16)22(24)25/h3-11,13H,1-2H3,(H,21,23)/b15-10+. The second-order valence-corrected chi connectivity index (χ2v) is 5.67. The van der Waals surface area contributed by atoms with Crippen LogP contribution in [0.4, 0.5) is 11.4 Å². The van der Waals surface area contributed by atoms with Crippen LogP contribution in [0.15, 0.2) is 54.1 Å². The molecule has 0 saturated carbocycles. The zero-order valence-electron chi connectivity index (χ0n) is 14.3. The molecular weight excluding hydrogens is 334 g/mol. The lowest BCUT2D eigenvalue weighted by Gasteiger charge is -2.09. The molecule has 0 radical (unpaired) electrons. The first kappa shape index (κ1) is 18.7. The molecule has 0 aromatic heterocycles. The number of rotatable bonds is 6. The summed E-state index contributed by atoms with van der Waals surface area (Å²) in [5, 5.41) is 22.5. The van der Waals surface area contributed by atoms with E-state index < -0.39 is 10.8 Å². The topological polar surface area (TPSA) is 105 Å². The van der Waals surface area contributed by atoms with Gasteiger partial charge in [0.15, 0.2) is 0 Å². The second-order valence-electron chi connectivity index (χ2n) is 5.67. The maximum Gasteiger partial charge on any atom is 0.271 e. The van der Waals surface area contributed by atoms with Gasteiger partial charge < -0.3 is 10.1 Å². The number of hydrogen-bond donors (Lipinski definition) is 1. The van der Waals surface area contributed by atoms with Crippen molar-refractivity contribution in [1.29, 1.82) is 5.26 Å². The molecule has 0 spiro atoms. The van der Waals surface area contributed by atoms with E-state index in [1.807, 2.05) is 19.9 Å². The molecule has 0 aliphatic heterocycles. The predicted octanol–water partition coefficient (Wildman–Crippen LogP) is 3.93. The van der Waals surface area contributed by atoms with E-state index in [4.69, 9.17) is 4.74 Å². The zero-order valence-corrected chi connectivity index (χ0v) is 14.3. The van der Waals surface area contributed by atoms with Crippen molar-refractivity contribution in [2.24, 2.45) is 0 Å². The third-order valence-electron chi connectivity index (χ3n) is 3.24. The van der Waals surface area contributed by atoms with Gasteiger partial charge in [0.25, 0.3) is 11.6 Å². The number of anilines is 1. The molecule has 0 aliphatic rings. The zero-order chi connectivity index (χ0) is 19.1. The fourth-order valence-corrected chi connectivity index (χ4v) is 2.13. The van der Waals surface area contributed by atoms with E-state index in [1.165, 1.54) is 30.3 Å². The lowest BCUT2D eigenvalue weighted by molar-refractivity contribution is -0.384. The first-order valence-corrected chi connectivity index (χ1v) is 7.83. The van der Waals surface area contributed by atoms with Gasteiger partial charge in [0.2, 0.25) is 0 Å². The van der Waals surface area contributed by atoms with Gasteiger partial charge in [-0.25, -0.2) is 0 Å². The van der Waals surface area contributed by atoms with E-state index in [0.717, 1.165) is 0 Å². The van der Waals surface area contributed by atoms with Crippen LogP contribution in [-0.2, 0) is 4.79 Å². The minimum absolute atomic E-state index is 0.0479. The third-order valence-corrected chi connectivity index (χ3v) is 3.24. The van der Waals surface area contributed by atoms with E-state index in [1.54, 1.807) is 24.3 Å². The molecule has 0 aliphatic carbocycles. The van der Waals surface area contributed by atoms with Crippen molar-refractivity contribution in [3.05, 3.63) is 69.8 Å². The van der Waals surface area contributed by atoms with Gasteiger partial charge >= 0.3 is 0 Å². The molecular formula is C19H17N3O4. The number of nitriles is 1. The highest BCUT2D eigenvalue weighted by molar-refractivity contribution is 6.09. The summed E-state index contributed by atoms with van der Waals surface area (Å²) in [6.07, 6.45) is 1.48. The number of hydrogen-bond acceptors (Lipinski definition) is 5. The van der Waals surface area contributed by atoms with Crippen LogP contribution in [0.1, 0.15) is 19.4 Å². The number of nitrogens with one attached hydrogen (secondary N) is 1. The van der Waals surface area contributed by atoms with E-state index in [0.29, 0.717) is 11.3 Å². The number of nitro benzene ring substituents is 1. The number of nitro groups is 1. The number of ether oxygens (including phenoxy) is 1. The Morgan fingerprint density at radius 2 is 1.96 bits per heavy atom. The molecule has 0 atom stereocenters. The lowest BCUT2D eigenvalue weighted by atomic mass is 10.1. The van der Waals surface area contributed by atoms with Crippen LogP contribution in [0.2, 0.25) is 0 Å². The Morgan fingerprint density at radius 1 is 1.27 bits per heavy atom. The highest BCUT2D eigenvalue weighted by atomic mass is 16.6. The Labute approximate surface area is 150 Å². The van der Waals surface area contributed by atoms with Gasteiger partial charge in [-0.05, 0) is 43.7 Å². The molecule has 0 heterocycles. The van der Waals surface area contributed by atoms with Crippen molar-refractivity contribution in [2.75, 3.05) is 5.32 Å². The van der Waals surface area contributed by atoms with Crippen LogP contribution < -0.4 is 10.1 Å². The Morgan fingerprint density at radius 3 is 2.54 bits per heavy atom. The van der Waals surface area contributed by atoms with E-state index >= 15 is 0 Å². The van der Waals surface area contributed by atoms with Gasteiger partial charge in [-0.1, -0.05) is 18.2 Å². The highest BCUT2D eigenvalue weighted by Crippen LogP contribution is 2.19. The fourth-order valence-electron chi connectivity index (χ4n) is 2.13. The second kappa shape index (κ2) is 8.44. The Bertz CT molecular complexity index is 880. The third kappa shape index (κ3) is 5.18. The quantitative estimate of drug-likeness (QED) is 0.367. The number of carbonyl (C=O) groups is 1. The largest absolute Gasteiger partial charge is 0.491 e. The number of nitrogens with zero attached hydrogens (tertiary/aromatic N) is 2. The molecule has 7 heteroatoms. The summed E-state index contributed by atoms with van der Waals surface area (Å²) in [6.45, 7) is 3.83. The average Bonchev–Trinajstić information content (AvgIpc) is 2.60. The Balaban J connectivity index is 2.15. The van der Waals surface area contributed by atoms with Gasteiger partial charge in [0.1, 0.15) is 17.4 Å². The summed E-state index contributed by atoms with van der Waals surface area (Å²) < 4.78 is 5.54. The molecule has 7 nitrogen and oxygen atoms in total. The van der Waals surface area contributed by atoms with Gasteiger partial charge in [-0.2, -0.15) is 5.26 Å². The van der Waals surface area contributed by atoms with Crippen LogP contribution in [0.5, 0.6) is 5.75 Å². The van der Waals surface area contributed by atoms with E-state index in [-0.39, 0.29) is 23.1 Å². The molecule has 0 saturated heterocycles. The van der Waals surface area contributed by atoms with E-state index in [9.17, 15) is 20.2 Å². The van der Waals surface area contributed by atoms with Gasteiger partial charge in [-0.3, -0.25) is 14.9 Å². The molecule has 1 N–H and O–H groups in total. The SMILES string of the molecule is CC(C)Oc1ccc(/C=C(\C#N)C(=O)Nc2cccc([N+](=O)[O-])c2)cc1. The Kier molecular flexibility index (Phi) is 6.06. The number of benzene rings is 2. The van der Waals surface area contributed by atoms with Crippen molar-refractivity contribution in [3.63, 3.8) is 0 Å². The maximum absolute atomic E-state index is 12.2. The molecule has 26 heavy (non-hydrogen) atoms. The predicted molar refractivity (Wildman–Crippen MR) is 97.5 cm³/mol. The minimum Gasteiger partial charge on any atom is -0.491 e. The normalized spacial score (nSPS) is 10.9. The first-order valence-electron chi connectivity index (χ1n) is 7.83. The molecule has 0 unspecified atom stereocenters. The molecule has 0 bridgehead atoms. The summed E-state index contributed by atoms with van der Waals surface area (Å²) in [6, 6.07) is 14.3. The molecule has 2 aromatic rings. The summed E-state index contributed by atoms with van der Waals surface area (Å²) in [5.74, 6) is 0.0483. The molecule has 2 aromatic carbocycles. The van der Waals surface area contributed by atoms with Gasteiger partial charge in [0, 0.05) is 17.8 Å². The summed E-state index contributed by atoms with van der Waals surface area (Å²) in [5.41, 5.74) is 0.637. The Hall–Kier alpha value is -3.66. The van der Waals surface area contributed by atoms with Crippen LogP contribution >= 0.6 is 0 Å². The molecule has 0 fully saturated rings. The molecule has 132 valence electrons. The van der Waals surface area contributed by atoms with Crippen LogP contribution in [-0.4, -0.2) is 16.9 Å². The van der Waals surface area contributed by atoms with Gasteiger partial charge in [-0.15, -0.1) is 0 Å². The summed E-state index contributed by atoms with van der Waals surface area (Å²) >= 11 is 0. The minimum atomic E-state index is -0.643. The van der Waals surface area contributed by atoms with Crippen LogP contribution in [0.3, 0.4) is 0 Å². The van der Waals surface area contributed by atoms with E-state index in [2.05, 4.69) is 5.32 Å². The highest BCUT2D eigenvalue weighted by Gasteiger charge is 2.12. The smallest absolute Gasteiger partial charge is 0.271 e. The fraction of sp³-hybridized carbons (Fsp3) is 0.158. The average molecular weight is 351 g/mol. The monoisotopic (exact) mass is 351 g/mol. The van der Waals surface area contributed by atoms with Crippen molar-refractivity contribution in [1.82, 2.24) is 0 Å². The summed E-state index contributed by atoms with van der Waals surface area (Å²) in [4.78, 5) is 22.5. The van der Waals surface area contributed by atoms with Crippen molar-refractivity contribution in [2.45, 2.75) is 20.0 Å². The van der Waals surface area contributed by atoms with Gasteiger partial charge in [0.05, 0.1) is 11.0 Å². The number of carbonyl (C=O) groups excluding carboxylic acids is 1. The first-order chi connectivity index (χ1) is 12.4. The van der Waals surface area contributed by atoms with Crippen LogP contribution in [0.25, 0.3) is 6.08 Å². The van der Waals surface area contributed by atoms with Crippen molar-refractivity contribution >= 4 is 23.4 Å². The van der Waals surface area contributed by atoms with Crippen molar-refractivity contribution in [3.8, 4) is 11.8 Å². The van der Waals surface area contributed by atoms with Crippen LogP contribution in [0, 0.1) is 21.4 Å². The molecule has 1 amide bonds. The lowest BCUT2D eigenvalue weighted by Crippen LogP contribution is -2.13. The number of non-ortho nitro benzene ring substituents is 1. The number of amides is 1. The van der Waals surface area contributed by atoms with Crippen molar-refractivity contribution < 1.29 is 14.5 Å².